The van der Waals surface area contributed by atoms with Gasteiger partial charge >= 0.3 is 0 Å². The topological polar surface area (TPSA) is 41.5 Å². The van der Waals surface area contributed by atoms with Crippen LogP contribution in [0.1, 0.15) is 44.9 Å². The summed E-state index contributed by atoms with van der Waals surface area (Å²) in [5.41, 5.74) is -0.523. The minimum Gasteiger partial charge on any atom is -0.390 e. The van der Waals surface area contributed by atoms with Gasteiger partial charge < -0.3 is 15.2 Å². The van der Waals surface area contributed by atoms with Crippen LogP contribution in [0, 0.1) is 0 Å². The van der Waals surface area contributed by atoms with Crippen molar-refractivity contribution in [1.82, 2.24) is 5.32 Å². The molecule has 96 valence electrons. The highest BCUT2D eigenvalue weighted by Gasteiger charge is 2.45. The fourth-order valence-corrected chi connectivity index (χ4v) is 3.30. The van der Waals surface area contributed by atoms with Gasteiger partial charge in [0, 0.05) is 6.42 Å². The fourth-order valence-electron chi connectivity index (χ4n) is 3.30. The molecule has 2 N–H and O–H groups in total. The molecule has 2 aliphatic rings. The van der Waals surface area contributed by atoms with Crippen LogP contribution in [0.3, 0.4) is 0 Å². The van der Waals surface area contributed by atoms with E-state index in [1.807, 2.05) is 0 Å². The van der Waals surface area contributed by atoms with Crippen LogP contribution in [0.15, 0.2) is 0 Å². The third-order valence-corrected chi connectivity index (χ3v) is 4.23. The van der Waals surface area contributed by atoms with Crippen LogP contribution in [-0.2, 0) is 4.74 Å². The van der Waals surface area contributed by atoms with Crippen molar-refractivity contribution in [2.24, 2.45) is 0 Å². The summed E-state index contributed by atoms with van der Waals surface area (Å²) in [6, 6.07) is 0. The van der Waals surface area contributed by atoms with E-state index in [2.05, 4.69) is 5.32 Å². The third-order valence-electron chi connectivity index (χ3n) is 4.23. The van der Waals surface area contributed by atoms with Crippen molar-refractivity contribution in [2.75, 3.05) is 19.7 Å². The van der Waals surface area contributed by atoms with Crippen molar-refractivity contribution >= 4 is 7.85 Å². The number of hydrogen-bond acceptors (Lipinski definition) is 3. The van der Waals surface area contributed by atoms with Gasteiger partial charge in [-0.2, -0.15) is 0 Å². The van der Waals surface area contributed by atoms with Crippen LogP contribution in [0.25, 0.3) is 0 Å². The molecule has 1 saturated heterocycles. The molecule has 1 heterocycles. The highest BCUT2D eigenvalue weighted by molar-refractivity contribution is 6.08. The van der Waals surface area contributed by atoms with E-state index in [9.17, 15) is 5.11 Å². The van der Waals surface area contributed by atoms with E-state index in [1.54, 1.807) is 0 Å². The second-order valence-corrected chi connectivity index (χ2v) is 5.68. The molecule has 1 aliphatic carbocycles. The first-order chi connectivity index (χ1) is 8.18. The molecular weight excluding hydrogens is 213 g/mol. The molecule has 17 heavy (non-hydrogen) atoms. The Hall–Kier alpha value is -0.0551. The van der Waals surface area contributed by atoms with Gasteiger partial charge in [-0.25, -0.2) is 0 Å². The van der Waals surface area contributed by atoms with E-state index >= 15 is 0 Å². The second-order valence-electron chi connectivity index (χ2n) is 5.68. The summed E-state index contributed by atoms with van der Waals surface area (Å²) < 4.78 is 5.95. The molecule has 3 nitrogen and oxygen atoms in total. The second kappa shape index (κ2) is 5.72. The van der Waals surface area contributed by atoms with Gasteiger partial charge in [0.2, 0.25) is 0 Å². The zero-order valence-corrected chi connectivity index (χ0v) is 10.7. The van der Waals surface area contributed by atoms with Gasteiger partial charge in [-0.15, -0.1) is 0 Å². The largest absolute Gasteiger partial charge is 0.390 e. The van der Waals surface area contributed by atoms with Gasteiger partial charge in [-0.05, 0) is 38.8 Å². The van der Waals surface area contributed by atoms with Crippen LogP contribution in [0.2, 0.25) is 6.32 Å². The summed E-state index contributed by atoms with van der Waals surface area (Å²) in [4.78, 5) is 0. The summed E-state index contributed by atoms with van der Waals surface area (Å²) in [5, 5.41) is 13.9. The lowest BCUT2D eigenvalue weighted by molar-refractivity contribution is -0.159. The zero-order chi connectivity index (χ0) is 12.2. The quantitative estimate of drug-likeness (QED) is 0.561. The molecule has 0 bridgehead atoms. The first kappa shape index (κ1) is 13.4. The van der Waals surface area contributed by atoms with Crippen molar-refractivity contribution in [3.8, 4) is 0 Å². The molecule has 1 spiro atoms. The lowest BCUT2D eigenvalue weighted by Crippen LogP contribution is -2.48. The number of ether oxygens (including phenoxy) is 1. The highest BCUT2D eigenvalue weighted by atomic mass is 16.5. The molecule has 1 aliphatic heterocycles. The van der Waals surface area contributed by atoms with Crippen molar-refractivity contribution in [2.45, 2.75) is 62.5 Å². The Kier molecular flexibility index (Phi) is 4.50. The number of rotatable bonds is 5. The van der Waals surface area contributed by atoms with Crippen molar-refractivity contribution in [1.29, 1.82) is 0 Å². The van der Waals surface area contributed by atoms with Gasteiger partial charge in [-0.1, -0.05) is 19.2 Å². The summed E-state index contributed by atoms with van der Waals surface area (Å²) in [6.07, 6.45) is 7.84. The average molecular weight is 237 g/mol. The molecule has 0 amide bonds. The normalized spacial score (nSPS) is 32.1. The highest BCUT2D eigenvalue weighted by Crippen LogP contribution is 2.44. The molecule has 2 fully saturated rings. The van der Waals surface area contributed by atoms with Gasteiger partial charge in [0.25, 0.3) is 0 Å². The Morgan fingerprint density at radius 3 is 2.65 bits per heavy atom. The first-order valence-electron chi connectivity index (χ1n) is 6.95. The molecule has 1 unspecified atom stereocenters. The summed E-state index contributed by atoms with van der Waals surface area (Å²) >= 11 is 0. The Morgan fingerprint density at radius 2 is 1.94 bits per heavy atom. The Labute approximate surface area is 106 Å². The number of hydrogen-bond donors (Lipinski definition) is 2. The van der Waals surface area contributed by atoms with Crippen LogP contribution < -0.4 is 5.32 Å². The third kappa shape index (κ3) is 3.46. The van der Waals surface area contributed by atoms with E-state index in [-0.39, 0.29) is 5.60 Å². The lowest BCUT2D eigenvalue weighted by Gasteiger charge is -2.43. The monoisotopic (exact) mass is 237 g/mol. The first-order valence-corrected chi connectivity index (χ1v) is 6.95. The van der Waals surface area contributed by atoms with E-state index in [4.69, 9.17) is 12.6 Å². The number of nitrogens with one attached hydrogen (secondary N) is 1. The van der Waals surface area contributed by atoms with Crippen molar-refractivity contribution < 1.29 is 9.84 Å². The maximum Gasteiger partial charge on any atom is 0.0710 e. The van der Waals surface area contributed by atoms with Crippen LogP contribution in [0.5, 0.6) is 0 Å². The minimum absolute atomic E-state index is 0.000861. The molecule has 2 rings (SSSR count). The zero-order valence-electron chi connectivity index (χ0n) is 10.7. The molecule has 0 aromatic heterocycles. The molecular formula is C13H24BNO2. The van der Waals surface area contributed by atoms with Crippen LogP contribution in [0.4, 0.5) is 0 Å². The molecule has 2 radical (unpaired) electrons. The molecule has 0 aromatic rings. The van der Waals surface area contributed by atoms with E-state index < -0.39 is 5.60 Å². The fraction of sp³-hybridized carbons (Fsp3) is 1.00. The van der Waals surface area contributed by atoms with Gasteiger partial charge in [0.15, 0.2) is 0 Å². The Morgan fingerprint density at radius 1 is 1.18 bits per heavy atom. The Balaban J connectivity index is 1.82. The van der Waals surface area contributed by atoms with Gasteiger partial charge in [0.1, 0.15) is 0 Å². The maximum atomic E-state index is 10.6. The average Bonchev–Trinajstić information content (AvgIpc) is 2.72. The van der Waals surface area contributed by atoms with Gasteiger partial charge in [-0.3, -0.25) is 0 Å². The molecule has 1 saturated carbocycles. The predicted molar refractivity (Wildman–Crippen MR) is 69.4 cm³/mol. The number of aliphatic hydroxyl groups is 1. The van der Waals surface area contributed by atoms with Crippen molar-refractivity contribution in [3.05, 3.63) is 0 Å². The summed E-state index contributed by atoms with van der Waals surface area (Å²) in [6.45, 7) is 2.40. The van der Waals surface area contributed by atoms with Crippen LogP contribution >= 0.6 is 0 Å². The van der Waals surface area contributed by atoms with E-state index in [0.717, 1.165) is 45.2 Å². The predicted octanol–water partition coefficient (Wildman–Crippen LogP) is 1.41. The molecule has 0 aromatic carbocycles. The lowest BCUT2D eigenvalue weighted by atomic mass is 9.79. The van der Waals surface area contributed by atoms with Crippen LogP contribution in [-0.4, -0.2) is 43.9 Å². The summed E-state index contributed by atoms with van der Waals surface area (Å²) in [7, 11) is 5.43. The van der Waals surface area contributed by atoms with E-state index in [1.165, 1.54) is 12.8 Å². The van der Waals surface area contributed by atoms with Gasteiger partial charge in [0.05, 0.1) is 25.7 Å². The van der Waals surface area contributed by atoms with Crippen molar-refractivity contribution in [3.63, 3.8) is 0 Å². The smallest absolute Gasteiger partial charge is 0.0710 e. The van der Waals surface area contributed by atoms with E-state index in [0.29, 0.717) is 12.9 Å². The SMILES string of the molecule is [B]CCNCCC1(O)CCOC2(CCCC2)C1. The summed E-state index contributed by atoms with van der Waals surface area (Å²) in [5.74, 6) is 0. The molecule has 1 atom stereocenters. The minimum atomic E-state index is -0.524. The Bertz CT molecular complexity index is 244. The standard InChI is InChI=1S/C13H24BNO2/c14-7-9-15-8-5-12(16)6-10-17-13(11-12)3-1-2-4-13/h15-16H,1-11H2. The maximum absolute atomic E-state index is 10.6. The molecule has 4 heteroatoms.